The summed E-state index contributed by atoms with van der Waals surface area (Å²) in [7, 11) is 0. The summed E-state index contributed by atoms with van der Waals surface area (Å²) in [4.78, 5) is 23.1. The van der Waals surface area contributed by atoms with E-state index in [1.165, 1.54) is 30.5 Å². The van der Waals surface area contributed by atoms with Gasteiger partial charge in [-0.15, -0.1) is 0 Å². The number of nitro groups is 1. The maximum atomic E-state index is 12.8. The number of non-ortho nitro benzene ring substituents is 1. The van der Waals surface area contributed by atoms with Gasteiger partial charge in [0, 0.05) is 24.5 Å². The molecule has 1 N–H and O–H groups in total. The highest BCUT2D eigenvalue weighted by Crippen LogP contribution is 2.27. The summed E-state index contributed by atoms with van der Waals surface area (Å²) in [6.45, 7) is 1.94. The van der Waals surface area contributed by atoms with Crippen LogP contribution in [0.3, 0.4) is 0 Å². The molecule has 0 aliphatic carbocycles. The number of anilines is 1. The lowest BCUT2D eigenvalue weighted by atomic mass is 10.1. The molecule has 31 heavy (non-hydrogen) atoms. The van der Waals surface area contributed by atoms with Crippen LogP contribution in [0.5, 0.6) is 0 Å². The van der Waals surface area contributed by atoms with Crippen molar-refractivity contribution >= 4 is 23.0 Å². The van der Waals surface area contributed by atoms with Crippen LogP contribution in [0.2, 0.25) is 5.02 Å². The average molecular weight is 437 g/mol. The third-order valence-electron chi connectivity index (χ3n) is 4.75. The molecule has 156 valence electrons. The van der Waals surface area contributed by atoms with Crippen molar-refractivity contribution in [2.24, 2.45) is 0 Å². The lowest BCUT2D eigenvalue weighted by Crippen LogP contribution is -2.23. The van der Waals surface area contributed by atoms with Crippen LogP contribution in [0.15, 0.2) is 78.0 Å². The summed E-state index contributed by atoms with van der Waals surface area (Å²) in [5, 5.41) is 22.5. The number of nitrogens with zero attached hydrogens (tertiary/aromatic N) is 5. The lowest BCUT2D eigenvalue weighted by Gasteiger charge is -2.19. The minimum Gasteiger partial charge on any atom is -0.376 e. The standard InChI is InChI=1S/C21H17ClN6O3/c1-14(17-5-2-3-6-19(17)26-12-4-11-23-26)25-18-13-24-27(21(29)20(18)22)15-7-9-16(10-8-15)28(30)31/h2-14,25H,1H3. The van der Waals surface area contributed by atoms with Crippen molar-refractivity contribution in [1.29, 1.82) is 0 Å². The Labute approximate surface area is 181 Å². The number of nitro benzene ring substituents is 1. The molecule has 0 bridgehead atoms. The van der Waals surface area contributed by atoms with E-state index in [-0.39, 0.29) is 16.8 Å². The summed E-state index contributed by atoms with van der Waals surface area (Å²) in [6.07, 6.45) is 5.01. The Morgan fingerprint density at radius 3 is 2.52 bits per heavy atom. The fourth-order valence-corrected chi connectivity index (χ4v) is 3.40. The Kier molecular flexibility index (Phi) is 5.50. The third-order valence-corrected chi connectivity index (χ3v) is 5.12. The number of hydrogen-bond acceptors (Lipinski definition) is 6. The van der Waals surface area contributed by atoms with Crippen LogP contribution in [-0.4, -0.2) is 24.5 Å². The van der Waals surface area contributed by atoms with Crippen LogP contribution >= 0.6 is 11.6 Å². The normalized spacial score (nSPS) is 11.8. The topological polar surface area (TPSA) is 108 Å². The molecule has 1 atom stereocenters. The second-order valence-corrected chi connectivity index (χ2v) is 7.12. The molecular weight excluding hydrogens is 420 g/mol. The molecule has 0 aliphatic rings. The maximum absolute atomic E-state index is 12.8. The largest absolute Gasteiger partial charge is 0.376 e. The molecule has 0 saturated heterocycles. The number of nitrogens with one attached hydrogen (secondary N) is 1. The van der Waals surface area contributed by atoms with E-state index in [0.29, 0.717) is 11.4 Å². The molecule has 1 unspecified atom stereocenters. The molecule has 0 radical (unpaired) electrons. The Morgan fingerprint density at radius 1 is 1.10 bits per heavy atom. The molecule has 4 aromatic rings. The molecule has 9 nitrogen and oxygen atoms in total. The van der Waals surface area contributed by atoms with Crippen molar-refractivity contribution in [3.63, 3.8) is 0 Å². The molecule has 0 amide bonds. The zero-order chi connectivity index (χ0) is 22.0. The first-order valence-corrected chi connectivity index (χ1v) is 9.71. The number of rotatable bonds is 6. The van der Waals surface area contributed by atoms with E-state index in [4.69, 9.17) is 11.6 Å². The molecule has 0 spiro atoms. The maximum Gasteiger partial charge on any atom is 0.292 e. The van der Waals surface area contributed by atoms with Crippen LogP contribution in [-0.2, 0) is 0 Å². The SMILES string of the molecule is CC(Nc1cnn(-c2ccc([N+](=O)[O-])cc2)c(=O)c1Cl)c1ccccc1-n1cccn1. The number of benzene rings is 2. The summed E-state index contributed by atoms with van der Waals surface area (Å²) in [5.41, 5.74) is 2.00. The van der Waals surface area contributed by atoms with Gasteiger partial charge in [0.1, 0.15) is 5.02 Å². The van der Waals surface area contributed by atoms with Crippen molar-refractivity contribution in [2.75, 3.05) is 5.32 Å². The predicted molar refractivity (Wildman–Crippen MR) is 117 cm³/mol. The fraction of sp³-hybridized carbons (Fsp3) is 0.0952. The van der Waals surface area contributed by atoms with Gasteiger partial charge in [-0.1, -0.05) is 29.8 Å². The molecule has 2 aromatic carbocycles. The van der Waals surface area contributed by atoms with Gasteiger partial charge in [-0.05, 0) is 36.8 Å². The molecule has 4 rings (SSSR count). The number of aromatic nitrogens is 4. The van der Waals surface area contributed by atoms with Crippen LogP contribution < -0.4 is 10.9 Å². The van der Waals surface area contributed by atoms with Crippen LogP contribution in [0, 0.1) is 10.1 Å². The Bertz CT molecular complexity index is 1290. The van der Waals surface area contributed by atoms with Crippen molar-refractivity contribution in [3.05, 3.63) is 104 Å². The van der Waals surface area contributed by atoms with Gasteiger partial charge in [0.25, 0.3) is 11.2 Å². The predicted octanol–water partition coefficient (Wildman–Crippen LogP) is 4.15. The van der Waals surface area contributed by atoms with Gasteiger partial charge >= 0.3 is 0 Å². The van der Waals surface area contributed by atoms with E-state index in [9.17, 15) is 14.9 Å². The summed E-state index contributed by atoms with van der Waals surface area (Å²) >= 11 is 6.34. The van der Waals surface area contributed by atoms with Gasteiger partial charge in [0.05, 0.1) is 34.2 Å². The van der Waals surface area contributed by atoms with E-state index in [1.807, 2.05) is 43.5 Å². The first-order chi connectivity index (χ1) is 15.0. The zero-order valence-electron chi connectivity index (χ0n) is 16.3. The smallest absolute Gasteiger partial charge is 0.292 e. The highest BCUT2D eigenvalue weighted by Gasteiger charge is 2.16. The van der Waals surface area contributed by atoms with Gasteiger partial charge in [0.15, 0.2) is 0 Å². The van der Waals surface area contributed by atoms with Gasteiger partial charge in [-0.2, -0.15) is 14.9 Å². The van der Waals surface area contributed by atoms with Gasteiger partial charge < -0.3 is 5.32 Å². The highest BCUT2D eigenvalue weighted by molar-refractivity contribution is 6.33. The molecule has 0 saturated carbocycles. The monoisotopic (exact) mass is 436 g/mol. The second kappa shape index (κ2) is 8.41. The fourth-order valence-electron chi connectivity index (χ4n) is 3.22. The van der Waals surface area contributed by atoms with Gasteiger partial charge in [-0.25, -0.2) is 4.68 Å². The molecule has 10 heteroatoms. The van der Waals surface area contributed by atoms with Gasteiger partial charge in [0.2, 0.25) is 0 Å². The minimum atomic E-state index is -0.534. The Hall–Kier alpha value is -3.98. The van der Waals surface area contributed by atoms with Crippen molar-refractivity contribution < 1.29 is 4.92 Å². The van der Waals surface area contributed by atoms with E-state index in [1.54, 1.807) is 10.9 Å². The quantitative estimate of drug-likeness (QED) is 0.359. The summed E-state index contributed by atoms with van der Waals surface area (Å²) < 4.78 is 2.86. The first-order valence-electron chi connectivity index (χ1n) is 9.34. The first kappa shape index (κ1) is 20.3. The Morgan fingerprint density at radius 2 is 1.84 bits per heavy atom. The third kappa shape index (κ3) is 4.03. The van der Waals surface area contributed by atoms with Crippen LogP contribution in [0.1, 0.15) is 18.5 Å². The lowest BCUT2D eigenvalue weighted by molar-refractivity contribution is -0.384. The number of hydrogen-bond donors (Lipinski definition) is 1. The highest BCUT2D eigenvalue weighted by atomic mass is 35.5. The Balaban J connectivity index is 1.63. The summed E-state index contributed by atoms with van der Waals surface area (Å²) in [6, 6.07) is 14.9. The molecule has 2 aromatic heterocycles. The number of halogens is 1. The van der Waals surface area contributed by atoms with Crippen LogP contribution in [0.4, 0.5) is 11.4 Å². The van der Waals surface area contributed by atoms with E-state index < -0.39 is 10.5 Å². The number of para-hydroxylation sites is 1. The van der Waals surface area contributed by atoms with Crippen molar-refractivity contribution in [1.82, 2.24) is 19.6 Å². The van der Waals surface area contributed by atoms with E-state index in [0.717, 1.165) is 15.9 Å². The zero-order valence-corrected chi connectivity index (χ0v) is 17.1. The van der Waals surface area contributed by atoms with Gasteiger partial charge in [-0.3, -0.25) is 14.9 Å². The van der Waals surface area contributed by atoms with Crippen molar-refractivity contribution in [2.45, 2.75) is 13.0 Å². The average Bonchev–Trinajstić information content (AvgIpc) is 3.32. The van der Waals surface area contributed by atoms with E-state index in [2.05, 4.69) is 15.5 Å². The molecular formula is C21H17ClN6O3. The van der Waals surface area contributed by atoms with Crippen LogP contribution in [0.25, 0.3) is 11.4 Å². The molecule has 0 aliphatic heterocycles. The second-order valence-electron chi connectivity index (χ2n) is 6.74. The molecule has 2 heterocycles. The van der Waals surface area contributed by atoms with Crippen molar-refractivity contribution in [3.8, 4) is 11.4 Å². The minimum absolute atomic E-state index is 0.0308. The van der Waals surface area contributed by atoms with E-state index >= 15 is 0 Å². The summed E-state index contributed by atoms with van der Waals surface area (Å²) in [5.74, 6) is 0. The molecule has 0 fully saturated rings.